The van der Waals surface area contributed by atoms with Crippen molar-refractivity contribution in [3.8, 4) is 0 Å². The second-order valence-electron chi connectivity index (χ2n) is 9.65. The molecule has 34 heavy (non-hydrogen) atoms. The topological polar surface area (TPSA) is 69.6 Å². The van der Waals surface area contributed by atoms with Gasteiger partial charge in [0.05, 0.1) is 11.5 Å². The lowest BCUT2D eigenvalue weighted by Crippen LogP contribution is -2.58. The molecule has 4 rings (SSSR count). The highest BCUT2D eigenvalue weighted by Gasteiger charge is 2.48. The summed E-state index contributed by atoms with van der Waals surface area (Å²) in [6.07, 6.45) is 3.15. The van der Waals surface area contributed by atoms with E-state index in [0.717, 1.165) is 12.5 Å². The summed E-state index contributed by atoms with van der Waals surface area (Å²) in [5.74, 6) is -1.81. The zero-order chi connectivity index (χ0) is 23.8. The van der Waals surface area contributed by atoms with Crippen LogP contribution in [0.5, 0.6) is 0 Å². The van der Waals surface area contributed by atoms with Crippen LogP contribution in [0.25, 0.3) is 0 Å². The fraction of sp³-hybridized carbons (Fsp3) is 0.560. The Balaban J connectivity index is 0.00000324. The maximum atomic E-state index is 14.8. The summed E-state index contributed by atoms with van der Waals surface area (Å²) in [6, 6.07) is 7.14. The molecule has 0 radical (unpaired) electrons. The molecule has 2 aliphatic heterocycles. The number of carbonyl (C=O) groups is 1. The van der Waals surface area contributed by atoms with Crippen LogP contribution in [0.2, 0.25) is 0 Å². The van der Waals surface area contributed by atoms with E-state index in [1.165, 1.54) is 12.1 Å². The lowest BCUT2D eigenvalue weighted by molar-refractivity contribution is -0.151. The van der Waals surface area contributed by atoms with Crippen molar-refractivity contribution >= 4 is 24.1 Å². The van der Waals surface area contributed by atoms with E-state index in [4.69, 9.17) is 0 Å². The molecule has 0 spiro atoms. The summed E-state index contributed by atoms with van der Waals surface area (Å²) >= 11 is 0. The van der Waals surface area contributed by atoms with Gasteiger partial charge in [0.15, 0.2) is 5.82 Å². The molecule has 1 unspecified atom stereocenters. The van der Waals surface area contributed by atoms with Crippen molar-refractivity contribution < 1.29 is 18.7 Å². The molecule has 3 heterocycles. The summed E-state index contributed by atoms with van der Waals surface area (Å²) in [4.78, 5) is 17.5. The Kier molecular flexibility index (Phi) is 8.14. The van der Waals surface area contributed by atoms with Crippen LogP contribution >= 0.6 is 12.4 Å². The third kappa shape index (κ3) is 4.89. The van der Waals surface area contributed by atoms with Crippen molar-refractivity contribution in [2.45, 2.75) is 45.1 Å². The molecule has 0 aliphatic carbocycles. The van der Waals surface area contributed by atoms with Crippen LogP contribution in [-0.4, -0.2) is 57.9 Å². The fourth-order valence-electron chi connectivity index (χ4n) is 5.67. The number of halogens is 3. The van der Waals surface area contributed by atoms with E-state index in [-0.39, 0.29) is 30.2 Å². The highest BCUT2D eigenvalue weighted by Crippen LogP contribution is 2.40. The second kappa shape index (κ2) is 10.5. The van der Waals surface area contributed by atoms with Gasteiger partial charge in [-0.05, 0) is 30.2 Å². The first kappa shape index (κ1) is 26.3. The smallest absolute Gasteiger partial charge is 0.228 e. The number of aliphatic hydroxyl groups is 1. The monoisotopic (exact) mass is 494 g/mol. The van der Waals surface area contributed by atoms with Crippen molar-refractivity contribution in [1.29, 1.82) is 0 Å². The molecular weight excluding hydrogens is 462 g/mol. The number of aromatic nitrogens is 2. The number of hydrogen-bond donors (Lipinski definition) is 1. The highest BCUT2D eigenvalue weighted by molar-refractivity contribution is 5.85. The van der Waals surface area contributed by atoms with Gasteiger partial charge in [0.2, 0.25) is 5.91 Å². The lowest BCUT2D eigenvalue weighted by Gasteiger charge is -2.48. The van der Waals surface area contributed by atoms with Gasteiger partial charge in [-0.25, -0.2) is 8.78 Å². The van der Waals surface area contributed by atoms with Gasteiger partial charge in [0, 0.05) is 56.2 Å². The molecule has 0 bridgehead atoms. The molecule has 2 aromatic rings. The summed E-state index contributed by atoms with van der Waals surface area (Å²) in [6.45, 7) is 7.70. The van der Waals surface area contributed by atoms with Gasteiger partial charge in [-0.3, -0.25) is 4.79 Å². The van der Waals surface area contributed by atoms with Crippen molar-refractivity contribution in [2.75, 3.05) is 31.1 Å². The quantitative estimate of drug-likeness (QED) is 0.679. The molecule has 5 atom stereocenters. The molecule has 2 fully saturated rings. The van der Waals surface area contributed by atoms with Crippen LogP contribution in [-0.2, 0) is 4.79 Å². The van der Waals surface area contributed by atoms with Crippen LogP contribution < -0.4 is 4.90 Å². The molecule has 1 amide bonds. The number of hydrogen-bond acceptors (Lipinski definition) is 5. The van der Waals surface area contributed by atoms with Crippen molar-refractivity contribution in [1.82, 2.24) is 15.1 Å². The predicted octanol–water partition coefficient (Wildman–Crippen LogP) is 4.04. The van der Waals surface area contributed by atoms with Gasteiger partial charge in [0.25, 0.3) is 0 Å². The number of rotatable bonds is 5. The number of amides is 1. The number of piperidine rings is 1. The van der Waals surface area contributed by atoms with E-state index in [1.807, 2.05) is 29.7 Å². The summed E-state index contributed by atoms with van der Waals surface area (Å²) < 4.78 is 28.4. The van der Waals surface area contributed by atoms with E-state index >= 15 is 0 Å². The van der Waals surface area contributed by atoms with Crippen LogP contribution in [0.1, 0.15) is 45.1 Å². The molecule has 1 aromatic carbocycles. The fourth-order valence-corrected chi connectivity index (χ4v) is 5.67. The van der Waals surface area contributed by atoms with E-state index in [2.05, 4.69) is 17.1 Å². The zero-order valence-electron chi connectivity index (χ0n) is 19.8. The number of anilines is 1. The molecule has 1 N–H and O–H groups in total. The lowest BCUT2D eigenvalue weighted by atomic mass is 9.72. The van der Waals surface area contributed by atoms with Gasteiger partial charge in [0.1, 0.15) is 11.6 Å². The summed E-state index contributed by atoms with van der Waals surface area (Å²) in [5.41, 5.74) is -0.461. The maximum Gasteiger partial charge on any atom is 0.228 e. The van der Waals surface area contributed by atoms with Crippen molar-refractivity contribution in [3.63, 3.8) is 0 Å². The minimum atomic E-state index is -0.796. The molecular formula is C25H33ClF2N4O2. The summed E-state index contributed by atoms with van der Waals surface area (Å²) in [7, 11) is 0. The van der Waals surface area contributed by atoms with Crippen LogP contribution in [0.3, 0.4) is 0 Å². The van der Waals surface area contributed by atoms with Crippen molar-refractivity contribution in [3.05, 3.63) is 53.7 Å². The number of likely N-dealkylation sites (tertiary alicyclic amines) is 1. The number of nitrogens with zero attached hydrogens (tertiary/aromatic N) is 4. The van der Waals surface area contributed by atoms with Gasteiger partial charge >= 0.3 is 0 Å². The molecule has 6 nitrogen and oxygen atoms in total. The Morgan fingerprint density at radius 3 is 2.44 bits per heavy atom. The zero-order valence-corrected chi connectivity index (χ0v) is 20.6. The van der Waals surface area contributed by atoms with Gasteiger partial charge in [-0.2, -0.15) is 5.10 Å². The first-order chi connectivity index (χ1) is 15.7. The van der Waals surface area contributed by atoms with E-state index < -0.39 is 29.1 Å². The Hall–Kier alpha value is -2.32. The molecule has 186 valence electrons. The number of carbonyl (C=O) groups excluding carboxylic acids is 1. The Bertz CT molecular complexity index is 984. The standard InChI is InChI=1S/C25H32F2N4O2.ClH/c1-4-9-25(33)16(2)12-31(13-17(25)3)24(32)21-15-30(23-6-5-10-28-29-23)14-20(21)19-8-7-18(26)11-22(19)27;/h5-8,10-11,16-17,20-21,33H,4,9,12-15H2,1-3H3;1H/t16-,17+,20-,21+,25?;/m0./s1. The van der Waals surface area contributed by atoms with Gasteiger partial charge in [-0.1, -0.05) is 33.3 Å². The van der Waals surface area contributed by atoms with E-state index in [1.54, 1.807) is 12.3 Å². The molecule has 1 aromatic heterocycles. The van der Waals surface area contributed by atoms with Crippen LogP contribution in [0.15, 0.2) is 36.5 Å². The summed E-state index contributed by atoms with van der Waals surface area (Å²) in [5, 5.41) is 19.3. The SMILES string of the molecule is CCCC1(O)[C@H](C)CN(C(=O)[C@@H]2CN(c3cccnn3)C[C@H]2c2ccc(F)cc2F)C[C@@H]1C.Cl. The van der Waals surface area contributed by atoms with Gasteiger partial charge in [-0.15, -0.1) is 17.5 Å². The van der Waals surface area contributed by atoms with Crippen LogP contribution in [0, 0.1) is 29.4 Å². The average Bonchev–Trinajstić information content (AvgIpc) is 3.23. The normalized spacial score (nSPS) is 29.1. The Morgan fingerprint density at radius 2 is 1.85 bits per heavy atom. The van der Waals surface area contributed by atoms with E-state index in [9.17, 15) is 18.7 Å². The maximum absolute atomic E-state index is 14.8. The average molecular weight is 495 g/mol. The van der Waals surface area contributed by atoms with E-state index in [0.29, 0.717) is 44.0 Å². The largest absolute Gasteiger partial charge is 0.389 e. The molecule has 2 aliphatic rings. The first-order valence-corrected chi connectivity index (χ1v) is 11.7. The highest BCUT2D eigenvalue weighted by atomic mass is 35.5. The third-order valence-corrected chi connectivity index (χ3v) is 7.54. The van der Waals surface area contributed by atoms with Crippen LogP contribution in [0.4, 0.5) is 14.6 Å². The molecule has 2 saturated heterocycles. The molecule has 0 saturated carbocycles. The predicted molar refractivity (Wildman–Crippen MR) is 129 cm³/mol. The third-order valence-electron chi connectivity index (χ3n) is 7.54. The first-order valence-electron chi connectivity index (χ1n) is 11.7. The Labute approximate surface area is 205 Å². The minimum Gasteiger partial charge on any atom is -0.389 e. The second-order valence-corrected chi connectivity index (χ2v) is 9.65. The minimum absolute atomic E-state index is 0. The van der Waals surface area contributed by atoms with Crippen molar-refractivity contribution in [2.24, 2.45) is 17.8 Å². The van der Waals surface area contributed by atoms with Gasteiger partial charge < -0.3 is 14.9 Å². The number of benzene rings is 1. The molecule has 9 heteroatoms. The Morgan fingerprint density at radius 1 is 1.15 bits per heavy atom.